The van der Waals surface area contributed by atoms with Crippen LogP contribution < -0.4 is 10.0 Å². The quantitative estimate of drug-likeness (QED) is 0.119. The molecule has 4 rings (SSSR count). The Kier molecular flexibility index (Phi) is 13.5. The van der Waals surface area contributed by atoms with E-state index in [1.165, 1.54) is 12.3 Å². The van der Waals surface area contributed by atoms with Gasteiger partial charge in [0.1, 0.15) is 6.10 Å². The lowest BCUT2D eigenvalue weighted by Gasteiger charge is -2.23. The van der Waals surface area contributed by atoms with Crippen molar-refractivity contribution in [2.45, 2.75) is 69.1 Å². The van der Waals surface area contributed by atoms with Crippen LogP contribution in [0.2, 0.25) is 0 Å². The van der Waals surface area contributed by atoms with E-state index in [1.54, 1.807) is 18.0 Å². The van der Waals surface area contributed by atoms with Gasteiger partial charge in [0.15, 0.2) is 0 Å². The lowest BCUT2D eigenvalue weighted by molar-refractivity contribution is -0.138. The van der Waals surface area contributed by atoms with Crippen molar-refractivity contribution in [3.63, 3.8) is 0 Å². The summed E-state index contributed by atoms with van der Waals surface area (Å²) in [7, 11) is -1.96. The van der Waals surface area contributed by atoms with E-state index in [9.17, 15) is 27.6 Å². The summed E-state index contributed by atoms with van der Waals surface area (Å²) >= 11 is 0. The lowest BCUT2D eigenvalue weighted by Crippen LogP contribution is -2.37. The SMILES string of the molecule is C=CCCCCN(C)C(=O)[C@@H]1C[C@H](OC(=O)Nc2ccccc2-c2ccccc2)C[C@H]1C(=O)N=CC[C@@H](C=C)CC(=O)NS(=O)(=O)C1CC1. The fourth-order valence-corrected chi connectivity index (χ4v) is 7.28. The molecule has 0 aliphatic heterocycles. The summed E-state index contributed by atoms with van der Waals surface area (Å²) in [4.78, 5) is 58.2. The minimum absolute atomic E-state index is 0.122. The van der Waals surface area contributed by atoms with Gasteiger partial charge in [-0.15, -0.1) is 13.2 Å². The number of ether oxygens (including phenoxy) is 1. The van der Waals surface area contributed by atoms with Gasteiger partial charge in [0, 0.05) is 31.8 Å². The van der Waals surface area contributed by atoms with Crippen molar-refractivity contribution in [1.82, 2.24) is 9.62 Å². The molecular formula is C37H46N4O7S. The number of nitrogens with one attached hydrogen (secondary N) is 2. The van der Waals surface area contributed by atoms with Crippen LogP contribution in [0.1, 0.15) is 57.8 Å². The van der Waals surface area contributed by atoms with Crippen molar-refractivity contribution in [3.05, 3.63) is 79.9 Å². The number of rotatable bonds is 17. The normalized spacial score (nSPS) is 19.5. The number of sulfonamides is 1. The van der Waals surface area contributed by atoms with Crippen molar-refractivity contribution in [3.8, 4) is 11.1 Å². The van der Waals surface area contributed by atoms with Crippen LogP contribution in [0, 0.1) is 17.8 Å². The number of carbonyl (C=O) groups is 4. The maximum absolute atomic E-state index is 13.6. The molecule has 2 saturated carbocycles. The van der Waals surface area contributed by atoms with Crippen LogP contribution in [0.3, 0.4) is 0 Å². The summed E-state index contributed by atoms with van der Waals surface area (Å²) in [6, 6.07) is 17.0. The molecule has 0 heterocycles. The topological polar surface area (TPSA) is 151 Å². The highest BCUT2D eigenvalue weighted by Gasteiger charge is 2.45. The van der Waals surface area contributed by atoms with Crippen LogP contribution in [0.25, 0.3) is 11.1 Å². The maximum Gasteiger partial charge on any atom is 0.411 e. The zero-order valence-electron chi connectivity index (χ0n) is 28.0. The van der Waals surface area contributed by atoms with Gasteiger partial charge in [0.05, 0.1) is 22.8 Å². The van der Waals surface area contributed by atoms with Gasteiger partial charge in [-0.3, -0.25) is 24.4 Å². The van der Waals surface area contributed by atoms with Gasteiger partial charge in [0.25, 0.3) is 0 Å². The van der Waals surface area contributed by atoms with Crippen molar-refractivity contribution in [2.75, 3.05) is 18.9 Å². The van der Waals surface area contributed by atoms with Crippen LogP contribution >= 0.6 is 0 Å². The Morgan fingerprint density at radius 1 is 1.00 bits per heavy atom. The number of anilines is 1. The molecule has 2 aliphatic rings. The number of hydrogen-bond acceptors (Lipinski definition) is 7. The molecule has 262 valence electrons. The van der Waals surface area contributed by atoms with Gasteiger partial charge in [-0.2, -0.15) is 0 Å². The Balaban J connectivity index is 1.41. The van der Waals surface area contributed by atoms with Crippen molar-refractivity contribution >= 4 is 45.7 Å². The molecule has 11 nitrogen and oxygen atoms in total. The first-order chi connectivity index (χ1) is 23.5. The van der Waals surface area contributed by atoms with Crippen molar-refractivity contribution < 1.29 is 32.3 Å². The predicted octanol–water partition coefficient (Wildman–Crippen LogP) is 5.90. The molecule has 0 saturated heterocycles. The van der Waals surface area contributed by atoms with Gasteiger partial charge in [-0.25, -0.2) is 18.2 Å². The summed E-state index contributed by atoms with van der Waals surface area (Å²) < 4.78 is 32.1. The monoisotopic (exact) mass is 690 g/mol. The van der Waals surface area contributed by atoms with Crippen LogP contribution in [0.15, 0.2) is 84.9 Å². The molecule has 2 aliphatic carbocycles. The number of amides is 4. The molecule has 2 N–H and O–H groups in total. The molecule has 49 heavy (non-hydrogen) atoms. The number of carbonyl (C=O) groups excluding carboxylic acids is 4. The van der Waals surface area contributed by atoms with E-state index >= 15 is 0 Å². The van der Waals surface area contributed by atoms with E-state index < -0.39 is 57.0 Å². The minimum atomic E-state index is -3.66. The Morgan fingerprint density at radius 2 is 1.69 bits per heavy atom. The highest BCUT2D eigenvalue weighted by Crippen LogP contribution is 2.37. The maximum atomic E-state index is 13.6. The summed E-state index contributed by atoms with van der Waals surface area (Å²) in [6.45, 7) is 7.97. The molecule has 0 spiro atoms. The largest absolute Gasteiger partial charge is 0.446 e. The highest BCUT2D eigenvalue weighted by atomic mass is 32.2. The number of benzene rings is 2. The Hall–Kier alpha value is -4.58. The van der Waals surface area contributed by atoms with E-state index in [1.807, 2.05) is 54.6 Å². The summed E-state index contributed by atoms with van der Waals surface area (Å²) in [5, 5.41) is 2.30. The summed E-state index contributed by atoms with van der Waals surface area (Å²) in [6.07, 6.45) is 7.23. The first-order valence-electron chi connectivity index (χ1n) is 16.7. The molecule has 2 fully saturated rings. The molecule has 0 radical (unpaired) electrons. The molecule has 4 amide bonds. The first-order valence-corrected chi connectivity index (χ1v) is 18.3. The number of nitrogens with zero attached hydrogens (tertiary/aromatic N) is 2. The molecule has 2 aromatic rings. The Morgan fingerprint density at radius 3 is 2.39 bits per heavy atom. The second-order valence-corrected chi connectivity index (χ2v) is 14.6. The van der Waals surface area contributed by atoms with Gasteiger partial charge >= 0.3 is 6.09 Å². The molecule has 12 heteroatoms. The highest BCUT2D eigenvalue weighted by molar-refractivity contribution is 7.90. The molecule has 2 aromatic carbocycles. The average Bonchev–Trinajstić information content (AvgIpc) is 3.87. The third kappa shape index (κ3) is 11.0. The molecule has 0 unspecified atom stereocenters. The Bertz CT molecular complexity index is 1640. The smallest absolute Gasteiger partial charge is 0.411 e. The predicted molar refractivity (Wildman–Crippen MR) is 190 cm³/mol. The van der Waals surface area contributed by atoms with Crippen LogP contribution in [0.5, 0.6) is 0 Å². The standard InChI is InChI=1S/C37H46N4O7S/c1-4-6-7-13-22-41(3)36(44)32-25-28(48-37(45)39-33-17-12-11-16-30(33)27-14-9-8-10-15-27)24-31(32)35(43)38-21-20-26(5-2)23-34(42)40-49(46,47)29-18-19-29/h4-5,8-12,14-17,21,26,28-29,31-32H,1-2,6-7,13,18-20,22-25H2,3H3,(H,39,45)(H,40,42)/t26-,28-,31-,32-/m1/s1. The zero-order chi connectivity index (χ0) is 35.4. The molecule has 0 bridgehead atoms. The first kappa shape index (κ1) is 37.2. The second kappa shape index (κ2) is 17.7. The van der Waals surface area contributed by atoms with Crippen molar-refractivity contribution in [1.29, 1.82) is 0 Å². The van der Waals surface area contributed by atoms with Crippen molar-refractivity contribution in [2.24, 2.45) is 22.7 Å². The van der Waals surface area contributed by atoms with E-state index in [4.69, 9.17) is 4.74 Å². The van der Waals surface area contributed by atoms with Gasteiger partial charge in [0.2, 0.25) is 27.7 Å². The number of para-hydroxylation sites is 1. The minimum Gasteiger partial charge on any atom is -0.446 e. The number of aliphatic imine (C=N–C) groups is 1. The zero-order valence-corrected chi connectivity index (χ0v) is 28.8. The third-order valence-corrected chi connectivity index (χ3v) is 10.7. The number of hydrogen-bond donors (Lipinski definition) is 2. The number of allylic oxidation sites excluding steroid dienone is 2. The molecular weight excluding hydrogens is 644 g/mol. The second-order valence-electron chi connectivity index (χ2n) is 12.6. The number of unbranched alkanes of at least 4 members (excludes halogenated alkanes) is 2. The van der Waals surface area contributed by atoms with Crippen LogP contribution in [0.4, 0.5) is 10.5 Å². The Labute approximate surface area is 288 Å². The van der Waals surface area contributed by atoms with Crippen LogP contribution in [-0.2, 0) is 29.1 Å². The van der Waals surface area contributed by atoms with Crippen LogP contribution in [-0.4, -0.2) is 68.3 Å². The van der Waals surface area contributed by atoms with E-state index in [-0.39, 0.29) is 31.6 Å². The van der Waals surface area contributed by atoms with E-state index in [0.717, 1.165) is 30.4 Å². The molecule has 4 atom stereocenters. The lowest BCUT2D eigenvalue weighted by atomic mass is 9.93. The van der Waals surface area contributed by atoms with E-state index in [2.05, 4.69) is 28.2 Å². The van der Waals surface area contributed by atoms with Gasteiger partial charge in [-0.1, -0.05) is 60.7 Å². The fraction of sp³-hybridized carbons (Fsp3) is 0.432. The average molecular weight is 691 g/mol. The van der Waals surface area contributed by atoms with E-state index in [0.29, 0.717) is 25.1 Å². The summed E-state index contributed by atoms with van der Waals surface area (Å²) in [5.74, 6) is -3.39. The van der Waals surface area contributed by atoms with Gasteiger partial charge in [-0.05, 0) is 68.9 Å². The third-order valence-electron chi connectivity index (χ3n) is 8.83. The molecule has 0 aromatic heterocycles. The fourth-order valence-electron chi connectivity index (χ4n) is 5.95. The summed E-state index contributed by atoms with van der Waals surface area (Å²) in [5.41, 5.74) is 2.31. The van der Waals surface area contributed by atoms with Gasteiger partial charge < -0.3 is 9.64 Å².